The van der Waals surface area contributed by atoms with Gasteiger partial charge in [-0.1, -0.05) is 32.0 Å². The minimum Gasteiger partial charge on any atom is -0.488 e. The zero-order valence-corrected chi connectivity index (χ0v) is 14.4. The molecule has 0 unspecified atom stereocenters. The maximum atomic E-state index is 12.6. The first kappa shape index (κ1) is 16.8. The van der Waals surface area contributed by atoms with E-state index >= 15 is 0 Å². The van der Waals surface area contributed by atoms with Crippen molar-refractivity contribution in [3.05, 3.63) is 30.3 Å². The Morgan fingerprint density at radius 1 is 1.25 bits per heavy atom. The van der Waals surface area contributed by atoms with Crippen molar-refractivity contribution in [2.24, 2.45) is 5.92 Å². The fourth-order valence-corrected chi connectivity index (χ4v) is 3.09. The molecule has 0 spiro atoms. The molecule has 1 saturated heterocycles. The van der Waals surface area contributed by atoms with Gasteiger partial charge in [0.05, 0.1) is 6.54 Å². The number of nitrogens with one attached hydrogen (secondary N) is 1. The highest BCUT2D eigenvalue weighted by Gasteiger charge is 2.41. The van der Waals surface area contributed by atoms with Crippen LogP contribution >= 0.6 is 0 Å². The van der Waals surface area contributed by atoms with E-state index in [1.807, 2.05) is 44.2 Å². The molecule has 2 aliphatic rings. The highest BCUT2D eigenvalue weighted by molar-refractivity contribution is 5.88. The molecule has 3 rings (SSSR count). The standard InChI is InChI=1S/C19H26N2O3/c1-13(2)10-18(22)21-12-16(24-15-6-4-3-5-7-15)11-17(21)19(23)20-14-8-9-14/h3-7,13-14,16-17H,8-12H2,1-2H3,(H,20,23)/t16-,17-/m0/s1. The minimum atomic E-state index is -0.412. The lowest BCUT2D eigenvalue weighted by molar-refractivity contribution is -0.139. The van der Waals surface area contributed by atoms with Gasteiger partial charge in [-0.2, -0.15) is 0 Å². The summed E-state index contributed by atoms with van der Waals surface area (Å²) in [5.41, 5.74) is 0. The summed E-state index contributed by atoms with van der Waals surface area (Å²) in [4.78, 5) is 26.8. The topological polar surface area (TPSA) is 58.6 Å². The first-order valence-corrected chi connectivity index (χ1v) is 8.84. The van der Waals surface area contributed by atoms with Gasteiger partial charge in [0.2, 0.25) is 11.8 Å². The normalized spacial score (nSPS) is 23.4. The highest BCUT2D eigenvalue weighted by Crippen LogP contribution is 2.26. The lowest BCUT2D eigenvalue weighted by Crippen LogP contribution is -2.46. The van der Waals surface area contributed by atoms with E-state index in [0.29, 0.717) is 25.4 Å². The summed E-state index contributed by atoms with van der Waals surface area (Å²) >= 11 is 0. The highest BCUT2D eigenvalue weighted by atomic mass is 16.5. The van der Waals surface area contributed by atoms with Crippen LogP contribution in [0, 0.1) is 5.92 Å². The molecule has 130 valence electrons. The van der Waals surface area contributed by atoms with Crippen LogP contribution in [0.5, 0.6) is 5.75 Å². The maximum Gasteiger partial charge on any atom is 0.243 e. The average Bonchev–Trinajstić information content (AvgIpc) is 3.24. The Labute approximate surface area is 143 Å². The Balaban J connectivity index is 1.68. The lowest BCUT2D eigenvalue weighted by atomic mass is 10.1. The Bertz CT molecular complexity index is 560. The van der Waals surface area contributed by atoms with Crippen molar-refractivity contribution in [2.75, 3.05) is 6.54 Å². The Morgan fingerprint density at radius 3 is 2.58 bits per heavy atom. The van der Waals surface area contributed by atoms with E-state index in [4.69, 9.17) is 4.74 Å². The van der Waals surface area contributed by atoms with Gasteiger partial charge in [0.25, 0.3) is 0 Å². The minimum absolute atomic E-state index is 0.0335. The van der Waals surface area contributed by atoms with Gasteiger partial charge >= 0.3 is 0 Å². The number of nitrogens with zero attached hydrogens (tertiary/aromatic N) is 1. The number of amides is 2. The Kier molecular flexibility index (Phi) is 5.07. The van der Waals surface area contributed by atoms with E-state index in [1.54, 1.807) is 4.90 Å². The summed E-state index contributed by atoms with van der Waals surface area (Å²) in [5.74, 6) is 1.06. The first-order chi connectivity index (χ1) is 11.5. The summed E-state index contributed by atoms with van der Waals surface area (Å²) in [6.45, 7) is 4.51. The van der Waals surface area contributed by atoms with Gasteiger partial charge in [0.1, 0.15) is 17.9 Å². The van der Waals surface area contributed by atoms with Gasteiger partial charge < -0.3 is 15.0 Å². The molecule has 1 N–H and O–H groups in total. The number of para-hydroxylation sites is 1. The second-order valence-corrected chi connectivity index (χ2v) is 7.23. The second-order valence-electron chi connectivity index (χ2n) is 7.23. The fourth-order valence-electron chi connectivity index (χ4n) is 3.09. The van der Waals surface area contributed by atoms with Gasteiger partial charge in [-0.15, -0.1) is 0 Å². The van der Waals surface area contributed by atoms with Gasteiger partial charge in [-0.3, -0.25) is 9.59 Å². The van der Waals surface area contributed by atoms with Gasteiger partial charge in [0, 0.05) is 18.9 Å². The molecule has 1 saturated carbocycles. The van der Waals surface area contributed by atoms with E-state index in [9.17, 15) is 9.59 Å². The Morgan fingerprint density at radius 2 is 1.96 bits per heavy atom. The SMILES string of the molecule is CC(C)CC(=O)N1C[C@@H](Oc2ccccc2)C[C@H]1C(=O)NC1CC1. The van der Waals surface area contributed by atoms with Crippen molar-refractivity contribution in [3.8, 4) is 5.75 Å². The zero-order chi connectivity index (χ0) is 17.1. The van der Waals surface area contributed by atoms with E-state index in [-0.39, 0.29) is 23.8 Å². The molecule has 24 heavy (non-hydrogen) atoms. The predicted octanol–water partition coefficient (Wildman–Crippen LogP) is 2.36. The number of ether oxygens (including phenoxy) is 1. The molecule has 0 aromatic heterocycles. The molecule has 5 nitrogen and oxygen atoms in total. The largest absolute Gasteiger partial charge is 0.488 e. The van der Waals surface area contributed by atoms with E-state index in [2.05, 4.69) is 5.32 Å². The van der Waals surface area contributed by atoms with E-state index in [0.717, 1.165) is 18.6 Å². The van der Waals surface area contributed by atoms with Gasteiger partial charge in [0.15, 0.2) is 0 Å². The van der Waals surface area contributed by atoms with Crippen LogP contribution in [0.4, 0.5) is 0 Å². The molecule has 0 bridgehead atoms. The van der Waals surface area contributed by atoms with Crippen molar-refractivity contribution in [3.63, 3.8) is 0 Å². The number of carbonyl (C=O) groups is 2. The van der Waals surface area contributed by atoms with Crippen molar-refractivity contribution >= 4 is 11.8 Å². The first-order valence-electron chi connectivity index (χ1n) is 8.84. The predicted molar refractivity (Wildman–Crippen MR) is 91.6 cm³/mol. The molecule has 1 aliphatic heterocycles. The number of likely N-dealkylation sites (tertiary alicyclic amines) is 1. The quantitative estimate of drug-likeness (QED) is 0.871. The monoisotopic (exact) mass is 330 g/mol. The van der Waals surface area contributed by atoms with Gasteiger partial charge in [-0.25, -0.2) is 0 Å². The molecule has 1 aliphatic carbocycles. The van der Waals surface area contributed by atoms with Gasteiger partial charge in [-0.05, 0) is 30.9 Å². The molecule has 2 fully saturated rings. The number of carbonyl (C=O) groups excluding carboxylic acids is 2. The number of benzene rings is 1. The maximum absolute atomic E-state index is 12.6. The molecular weight excluding hydrogens is 304 g/mol. The summed E-state index contributed by atoms with van der Waals surface area (Å²) in [6, 6.07) is 9.47. The van der Waals surface area contributed by atoms with Crippen LogP contribution in [0.1, 0.15) is 39.5 Å². The summed E-state index contributed by atoms with van der Waals surface area (Å²) in [5, 5.41) is 3.03. The third kappa shape index (κ3) is 4.28. The molecular formula is C19H26N2O3. The average molecular weight is 330 g/mol. The molecule has 2 amide bonds. The third-order valence-corrected chi connectivity index (χ3v) is 4.44. The van der Waals surface area contributed by atoms with Crippen LogP contribution in [-0.2, 0) is 9.59 Å². The molecule has 1 aromatic carbocycles. The van der Waals surface area contributed by atoms with Crippen molar-refractivity contribution in [1.29, 1.82) is 0 Å². The zero-order valence-electron chi connectivity index (χ0n) is 14.4. The lowest BCUT2D eigenvalue weighted by Gasteiger charge is -2.24. The molecule has 1 aromatic rings. The molecule has 1 heterocycles. The molecule has 5 heteroatoms. The van der Waals surface area contributed by atoms with Crippen molar-refractivity contribution in [2.45, 2.75) is 57.7 Å². The van der Waals surface area contributed by atoms with Crippen LogP contribution in [0.3, 0.4) is 0 Å². The van der Waals surface area contributed by atoms with Crippen molar-refractivity contribution < 1.29 is 14.3 Å². The van der Waals surface area contributed by atoms with Crippen LogP contribution < -0.4 is 10.1 Å². The number of rotatable bonds is 6. The second kappa shape index (κ2) is 7.24. The van der Waals surface area contributed by atoms with Crippen LogP contribution in [0.15, 0.2) is 30.3 Å². The van der Waals surface area contributed by atoms with Crippen LogP contribution in [-0.4, -0.2) is 41.4 Å². The number of hydrogen-bond donors (Lipinski definition) is 1. The third-order valence-electron chi connectivity index (χ3n) is 4.44. The van der Waals surface area contributed by atoms with Crippen LogP contribution in [0.25, 0.3) is 0 Å². The Hall–Kier alpha value is -2.04. The summed E-state index contributed by atoms with van der Waals surface area (Å²) in [6.07, 6.45) is 2.96. The molecule has 0 radical (unpaired) electrons. The number of hydrogen-bond acceptors (Lipinski definition) is 3. The van der Waals surface area contributed by atoms with Crippen molar-refractivity contribution in [1.82, 2.24) is 10.2 Å². The van der Waals surface area contributed by atoms with E-state index < -0.39 is 6.04 Å². The fraction of sp³-hybridized carbons (Fsp3) is 0.579. The summed E-state index contributed by atoms with van der Waals surface area (Å²) in [7, 11) is 0. The van der Waals surface area contributed by atoms with E-state index in [1.165, 1.54) is 0 Å². The molecule has 2 atom stereocenters. The van der Waals surface area contributed by atoms with Crippen LogP contribution in [0.2, 0.25) is 0 Å². The summed E-state index contributed by atoms with van der Waals surface area (Å²) < 4.78 is 5.99. The smallest absolute Gasteiger partial charge is 0.243 e.